The summed E-state index contributed by atoms with van der Waals surface area (Å²) >= 11 is 0. The molecule has 1 aliphatic rings. The quantitative estimate of drug-likeness (QED) is 0.545. The molecule has 0 N–H and O–H groups in total. The van der Waals surface area contributed by atoms with E-state index in [1.807, 2.05) is 17.2 Å². The molecule has 1 saturated heterocycles. The summed E-state index contributed by atoms with van der Waals surface area (Å²) in [5.41, 5.74) is 4.29. The Bertz CT molecular complexity index is 1030. The average Bonchev–Trinajstić information content (AvgIpc) is 2.84. The van der Waals surface area contributed by atoms with E-state index in [-0.39, 0.29) is 11.9 Å². The highest BCUT2D eigenvalue weighted by atomic mass is 16.5. The molecule has 2 aromatic heterocycles. The van der Waals surface area contributed by atoms with Crippen molar-refractivity contribution in [2.45, 2.75) is 32.4 Å². The summed E-state index contributed by atoms with van der Waals surface area (Å²) in [6.07, 6.45) is 8.80. The van der Waals surface area contributed by atoms with Crippen LogP contribution in [0.5, 0.6) is 6.01 Å². The average molecular weight is 432 g/mol. The largest absolute Gasteiger partial charge is 0.467 e. The number of hydrogen-bond donors (Lipinski definition) is 0. The first-order chi connectivity index (χ1) is 15.7. The third-order valence-corrected chi connectivity index (χ3v) is 5.79. The van der Waals surface area contributed by atoms with Gasteiger partial charge in [-0.3, -0.25) is 14.7 Å². The molecule has 0 spiro atoms. The van der Waals surface area contributed by atoms with Crippen LogP contribution >= 0.6 is 0 Å². The zero-order chi connectivity index (χ0) is 22.3. The Balaban J connectivity index is 1.57. The van der Waals surface area contributed by atoms with Gasteiger partial charge in [0.15, 0.2) is 0 Å². The van der Waals surface area contributed by atoms with Gasteiger partial charge in [-0.05, 0) is 35.6 Å². The van der Waals surface area contributed by atoms with E-state index < -0.39 is 0 Å². The van der Waals surface area contributed by atoms with Crippen LogP contribution in [0.1, 0.15) is 24.5 Å². The second kappa shape index (κ2) is 10.3. The molecule has 0 radical (unpaired) electrons. The van der Waals surface area contributed by atoms with Crippen LogP contribution in [0.2, 0.25) is 0 Å². The van der Waals surface area contributed by atoms with Crippen LogP contribution in [0, 0.1) is 0 Å². The van der Waals surface area contributed by atoms with Gasteiger partial charge in [0.25, 0.3) is 0 Å². The van der Waals surface area contributed by atoms with Gasteiger partial charge in [-0.25, -0.2) is 9.97 Å². The molecule has 166 valence electrons. The summed E-state index contributed by atoms with van der Waals surface area (Å²) in [7, 11) is 1.55. The molecule has 1 fully saturated rings. The van der Waals surface area contributed by atoms with Crippen molar-refractivity contribution < 1.29 is 9.53 Å². The Kier molecular flexibility index (Phi) is 7.07. The summed E-state index contributed by atoms with van der Waals surface area (Å²) in [6.45, 7) is 5.11. The molecular weight excluding hydrogens is 402 g/mol. The van der Waals surface area contributed by atoms with Crippen molar-refractivity contribution in [1.82, 2.24) is 24.8 Å². The maximum atomic E-state index is 13.4. The maximum absolute atomic E-state index is 13.4. The predicted octanol–water partition coefficient (Wildman–Crippen LogP) is 3.21. The summed E-state index contributed by atoms with van der Waals surface area (Å²) in [6, 6.07) is 12.5. The van der Waals surface area contributed by atoms with E-state index >= 15 is 0 Å². The number of amides is 1. The SMILES string of the molecule is CCCN1CCN(Cc2cnc(OC)nc2)C(Cc2cccc(-c3cccnc3)c2)C1=O. The van der Waals surface area contributed by atoms with Crippen LogP contribution in [-0.4, -0.2) is 63.4 Å². The highest BCUT2D eigenvalue weighted by molar-refractivity contribution is 5.83. The van der Waals surface area contributed by atoms with Gasteiger partial charge >= 0.3 is 6.01 Å². The van der Waals surface area contributed by atoms with Crippen LogP contribution in [0.25, 0.3) is 11.1 Å². The molecule has 1 unspecified atom stereocenters. The van der Waals surface area contributed by atoms with E-state index in [0.717, 1.165) is 48.3 Å². The van der Waals surface area contributed by atoms with E-state index in [1.165, 1.54) is 0 Å². The number of nitrogens with zero attached hydrogens (tertiary/aromatic N) is 5. The van der Waals surface area contributed by atoms with Crippen LogP contribution in [0.15, 0.2) is 61.2 Å². The van der Waals surface area contributed by atoms with Crippen LogP contribution < -0.4 is 4.74 Å². The number of hydrogen-bond acceptors (Lipinski definition) is 6. The normalized spacial score (nSPS) is 16.9. The highest BCUT2D eigenvalue weighted by Gasteiger charge is 2.34. The first-order valence-electron chi connectivity index (χ1n) is 11.0. The molecular formula is C25H29N5O2. The topological polar surface area (TPSA) is 71.5 Å². The van der Waals surface area contributed by atoms with Gasteiger partial charge in [-0.2, -0.15) is 0 Å². The van der Waals surface area contributed by atoms with Crippen LogP contribution in [0.3, 0.4) is 0 Å². The van der Waals surface area contributed by atoms with Gasteiger partial charge in [0.2, 0.25) is 5.91 Å². The van der Waals surface area contributed by atoms with Gasteiger partial charge in [-0.1, -0.05) is 37.3 Å². The Hall–Kier alpha value is -3.32. The minimum Gasteiger partial charge on any atom is -0.467 e. The second-order valence-corrected chi connectivity index (χ2v) is 8.04. The molecule has 3 heterocycles. The molecule has 1 atom stereocenters. The van der Waals surface area contributed by atoms with Gasteiger partial charge in [0.05, 0.1) is 13.2 Å². The molecule has 1 amide bonds. The molecule has 32 heavy (non-hydrogen) atoms. The standard InChI is InChI=1S/C25H29N5O2/c1-3-10-29-11-12-30(18-20-15-27-25(32-2)28-16-20)23(24(29)31)14-19-6-4-7-21(13-19)22-8-5-9-26-17-22/h4-9,13,15-17,23H,3,10-12,14,18H2,1-2H3. The van der Waals surface area contributed by atoms with E-state index in [2.05, 4.69) is 57.1 Å². The number of benzene rings is 1. The van der Waals surface area contributed by atoms with Crippen molar-refractivity contribution in [3.63, 3.8) is 0 Å². The van der Waals surface area contributed by atoms with Crippen molar-refractivity contribution >= 4 is 5.91 Å². The monoisotopic (exact) mass is 431 g/mol. The lowest BCUT2D eigenvalue weighted by molar-refractivity contribution is -0.142. The van der Waals surface area contributed by atoms with Gasteiger partial charge in [0, 0.05) is 56.5 Å². The minimum atomic E-state index is -0.221. The number of carbonyl (C=O) groups is 1. The minimum absolute atomic E-state index is 0.194. The molecule has 7 nitrogen and oxygen atoms in total. The van der Waals surface area contributed by atoms with Crippen molar-refractivity contribution in [3.8, 4) is 17.1 Å². The summed E-state index contributed by atoms with van der Waals surface area (Å²) < 4.78 is 5.06. The van der Waals surface area contributed by atoms with Gasteiger partial charge in [-0.15, -0.1) is 0 Å². The zero-order valence-electron chi connectivity index (χ0n) is 18.6. The molecule has 1 aliphatic heterocycles. The number of ether oxygens (including phenoxy) is 1. The summed E-state index contributed by atoms with van der Waals surface area (Å²) in [5.74, 6) is 0.194. The fourth-order valence-corrected chi connectivity index (χ4v) is 4.18. The lowest BCUT2D eigenvalue weighted by atomic mass is 9.97. The fraction of sp³-hybridized carbons (Fsp3) is 0.360. The first-order valence-corrected chi connectivity index (χ1v) is 11.0. The number of piperazine rings is 1. The Morgan fingerprint density at radius 3 is 2.56 bits per heavy atom. The molecule has 0 bridgehead atoms. The second-order valence-electron chi connectivity index (χ2n) is 8.04. The summed E-state index contributed by atoms with van der Waals surface area (Å²) in [5, 5.41) is 0. The molecule has 4 rings (SSSR count). The van der Waals surface area contributed by atoms with Crippen molar-refractivity contribution in [2.24, 2.45) is 0 Å². The van der Waals surface area contributed by atoms with Crippen molar-refractivity contribution in [2.75, 3.05) is 26.7 Å². The number of methoxy groups -OCH3 is 1. The first kappa shape index (κ1) is 21.9. The zero-order valence-corrected chi connectivity index (χ0v) is 18.6. The smallest absolute Gasteiger partial charge is 0.316 e. The Morgan fingerprint density at radius 1 is 1.03 bits per heavy atom. The van der Waals surface area contributed by atoms with Crippen molar-refractivity contribution in [1.29, 1.82) is 0 Å². The number of carbonyl (C=O) groups excluding carboxylic acids is 1. The lowest BCUT2D eigenvalue weighted by Gasteiger charge is -2.40. The third kappa shape index (κ3) is 5.11. The van der Waals surface area contributed by atoms with Crippen LogP contribution in [-0.2, 0) is 17.8 Å². The molecule has 0 saturated carbocycles. The predicted molar refractivity (Wildman–Crippen MR) is 123 cm³/mol. The molecule has 7 heteroatoms. The molecule has 0 aliphatic carbocycles. The fourth-order valence-electron chi connectivity index (χ4n) is 4.18. The van der Waals surface area contributed by atoms with E-state index in [0.29, 0.717) is 19.0 Å². The van der Waals surface area contributed by atoms with E-state index in [1.54, 1.807) is 25.7 Å². The number of pyridine rings is 1. The van der Waals surface area contributed by atoms with Crippen molar-refractivity contribution in [3.05, 3.63) is 72.3 Å². The molecule has 3 aromatic rings. The van der Waals surface area contributed by atoms with E-state index in [4.69, 9.17) is 4.74 Å². The molecule has 1 aromatic carbocycles. The summed E-state index contributed by atoms with van der Waals surface area (Å²) in [4.78, 5) is 30.3. The lowest BCUT2D eigenvalue weighted by Crippen LogP contribution is -2.57. The van der Waals surface area contributed by atoms with Gasteiger partial charge < -0.3 is 9.64 Å². The Labute approximate surface area is 189 Å². The number of rotatable bonds is 8. The third-order valence-electron chi connectivity index (χ3n) is 5.79. The highest BCUT2D eigenvalue weighted by Crippen LogP contribution is 2.23. The Morgan fingerprint density at radius 2 is 1.84 bits per heavy atom. The van der Waals surface area contributed by atoms with E-state index in [9.17, 15) is 4.79 Å². The van der Waals surface area contributed by atoms with Gasteiger partial charge in [0.1, 0.15) is 0 Å². The number of aromatic nitrogens is 3. The van der Waals surface area contributed by atoms with Crippen LogP contribution in [0.4, 0.5) is 0 Å². The maximum Gasteiger partial charge on any atom is 0.316 e.